The molecule has 0 unspecified atom stereocenters. The molecular weight excluding hydrogens is 256 g/mol. The largest absolute Gasteiger partial charge is 0.497 e. The number of rotatable bonds is 3. The molecule has 3 rings (SSSR count). The Labute approximate surface area is 115 Å². The van der Waals surface area contributed by atoms with Gasteiger partial charge in [-0.2, -0.15) is 0 Å². The lowest BCUT2D eigenvalue weighted by Gasteiger charge is -2.06. The summed E-state index contributed by atoms with van der Waals surface area (Å²) in [6, 6.07) is 9.20. The summed E-state index contributed by atoms with van der Waals surface area (Å²) in [4.78, 5) is 12.5. The first kappa shape index (κ1) is 12.5. The highest BCUT2D eigenvalue weighted by Gasteiger charge is 2.07. The number of methoxy groups -OCH3 is 1. The first-order valence-electron chi connectivity index (χ1n) is 6.27. The van der Waals surface area contributed by atoms with Crippen LogP contribution in [0.5, 0.6) is 5.75 Å². The van der Waals surface area contributed by atoms with E-state index in [0.717, 1.165) is 16.8 Å². The van der Waals surface area contributed by atoms with Gasteiger partial charge in [-0.15, -0.1) is 0 Å². The van der Waals surface area contributed by atoms with Crippen LogP contribution in [0, 0.1) is 6.92 Å². The summed E-state index contributed by atoms with van der Waals surface area (Å²) >= 11 is 0. The third-order valence-corrected chi connectivity index (χ3v) is 3.19. The minimum atomic E-state index is -0.0675. The van der Waals surface area contributed by atoms with E-state index >= 15 is 0 Å². The fourth-order valence-corrected chi connectivity index (χ4v) is 2.18. The zero-order valence-corrected chi connectivity index (χ0v) is 11.3. The Morgan fingerprint density at radius 2 is 2.15 bits per heavy atom. The molecule has 0 aliphatic heterocycles. The van der Waals surface area contributed by atoms with Gasteiger partial charge in [0.2, 0.25) is 0 Å². The Morgan fingerprint density at radius 1 is 1.30 bits per heavy atom. The monoisotopic (exact) mass is 270 g/mol. The number of hydrogen-bond donors (Lipinski definition) is 0. The van der Waals surface area contributed by atoms with Gasteiger partial charge in [0.15, 0.2) is 0 Å². The van der Waals surface area contributed by atoms with Crippen LogP contribution in [-0.4, -0.2) is 16.8 Å². The molecule has 5 heteroatoms. The topological polar surface area (TPSA) is 57.3 Å². The standard InChI is InChI=1S/C15H14N2O3/c1-10-7-12(16-20-10)9-17-6-5-11-3-4-13(19-2)8-14(11)15(17)18/h3-8H,9H2,1-2H3. The van der Waals surface area contributed by atoms with E-state index < -0.39 is 0 Å². The predicted molar refractivity (Wildman–Crippen MR) is 75.1 cm³/mol. The number of benzene rings is 1. The molecule has 0 aliphatic rings. The minimum Gasteiger partial charge on any atom is -0.497 e. The molecule has 1 aromatic carbocycles. The van der Waals surface area contributed by atoms with Crippen LogP contribution in [0.25, 0.3) is 10.8 Å². The zero-order valence-electron chi connectivity index (χ0n) is 11.3. The molecule has 2 heterocycles. The third-order valence-electron chi connectivity index (χ3n) is 3.19. The number of ether oxygens (including phenoxy) is 1. The summed E-state index contributed by atoms with van der Waals surface area (Å²) in [5.74, 6) is 1.40. The lowest BCUT2D eigenvalue weighted by atomic mass is 10.1. The van der Waals surface area contributed by atoms with Gasteiger partial charge in [0.25, 0.3) is 5.56 Å². The molecule has 0 bridgehead atoms. The number of nitrogens with zero attached hydrogens (tertiary/aromatic N) is 2. The fraction of sp³-hybridized carbons (Fsp3) is 0.200. The maximum atomic E-state index is 12.5. The molecular formula is C15H14N2O3. The molecule has 2 aromatic heterocycles. The van der Waals surface area contributed by atoms with Crippen molar-refractivity contribution in [3.63, 3.8) is 0 Å². The van der Waals surface area contributed by atoms with Gasteiger partial charge in [0, 0.05) is 12.3 Å². The van der Waals surface area contributed by atoms with Crippen molar-refractivity contribution in [2.45, 2.75) is 13.5 Å². The number of hydrogen-bond acceptors (Lipinski definition) is 4. The molecule has 0 N–H and O–H groups in total. The predicted octanol–water partition coefficient (Wildman–Crippen LogP) is 2.35. The highest BCUT2D eigenvalue weighted by molar-refractivity contribution is 5.82. The molecule has 0 spiro atoms. The van der Waals surface area contributed by atoms with Gasteiger partial charge in [-0.25, -0.2) is 0 Å². The van der Waals surface area contributed by atoms with Crippen LogP contribution in [0.15, 0.2) is 45.8 Å². The van der Waals surface area contributed by atoms with Crippen molar-refractivity contribution in [2.75, 3.05) is 7.11 Å². The van der Waals surface area contributed by atoms with E-state index in [1.54, 1.807) is 23.9 Å². The molecule has 20 heavy (non-hydrogen) atoms. The van der Waals surface area contributed by atoms with Crippen molar-refractivity contribution in [1.29, 1.82) is 0 Å². The lowest BCUT2D eigenvalue weighted by Crippen LogP contribution is -2.20. The maximum absolute atomic E-state index is 12.5. The second-order valence-electron chi connectivity index (χ2n) is 4.63. The zero-order chi connectivity index (χ0) is 14.1. The van der Waals surface area contributed by atoms with E-state index in [9.17, 15) is 4.79 Å². The molecule has 5 nitrogen and oxygen atoms in total. The van der Waals surface area contributed by atoms with Crippen LogP contribution < -0.4 is 10.3 Å². The van der Waals surface area contributed by atoms with Gasteiger partial charge in [-0.05, 0) is 30.5 Å². The SMILES string of the molecule is COc1ccc2ccn(Cc3cc(C)on3)c(=O)c2c1. The first-order valence-corrected chi connectivity index (χ1v) is 6.27. The normalized spacial score (nSPS) is 10.9. The summed E-state index contributed by atoms with van der Waals surface area (Å²) < 4.78 is 11.8. The Morgan fingerprint density at radius 3 is 2.85 bits per heavy atom. The van der Waals surface area contributed by atoms with Gasteiger partial charge in [0.1, 0.15) is 17.2 Å². The molecule has 0 aliphatic carbocycles. The Bertz CT molecular complexity index is 817. The summed E-state index contributed by atoms with van der Waals surface area (Å²) in [7, 11) is 1.58. The van der Waals surface area contributed by atoms with E-state index in [1.165, 1.54) is 0 Å². The van der Waals surface area contributed by atoms with Crippen molar-refractivity contribution >= 4 is 10.8 Å². The highest BCUT2D eigenvalue weighted by Crippen LogP contribution is 2.17. The Hall–Kier alpha value is -2.56. The molecule has 102 valence electrons. The van der Waals surface area contributed by atoms with E-state index in [0.29, 0.717) is 17.7 Å². The average molecular weight is 270 g/mol. The fourth-order valence-electron chi connectivity index (χ4n) is 2.18. The molecule has 3 aromatic rings. The van der Waals surface area contributed by atoms with Crippen LogP contribution in [0.3, 0.4) is 0 Å². The van der Waals surface area contributed by atoms with Gasteiger partial charge in [-0.1, -0.05) is 11.2 Å². The number of pyridine rings is 1. The summed E-state index contributed by atoms with van der Waals surface area (Å²) in [6.45, 7) is 2.22. The summed E-state index contributed by atoms with van der Waals surface area (Å²) in [5, 5.41) is 5.43. The number of aryl methyl sites for hydroxylation is 1. The number of fused-ring (bicyclic) bond motifs is 1. The van der Waals surface area contributed by atoms with Crippen molar-refractivity contribution in [3.05, 3.63) is 58.3 Å². The quantitative estimate of drug-likeness (QED) is 0.733. The van der Waals surface area contributed by atoms with E-state index in [4.69, 9.17) is 9.26 Å². The van der Waals surface area contributed by atoms with Crippen LogP contribution in [0.2, 0.25) is 0 Å². The highest BCUT2D eigenvalue weighted by atomic mass is 16.5. The molecule has 0 fully saturated rings. The molecule has 0 atom stereocenters. The van der Waals surface area contributed by atoms with E-state index in [1.807, 2.05) is 31.2 Å². The van der Waals surface area contributed by atoms with Gasteiger partial charge < -0.3 is 13.8 Å². The summed E-state index contributed by atoms with van der Waals surface area (Å²) in [5.41, 5.74) is 0.661. The van der Waals surface area contributed by atoms with Crippen molar-refractivity contribution in [3.8, 4) is 5.75 Å². The second kappa shape index (κ2) is 4.85. The van der Waals surface area contributed by atoms with Crippen molar-refractivity contribution < 1.29 is 9.26 Å². The van der Waals surface area contributed by atoms with Gasteiger partial charge in [0.05, 0.1) is 19.0 Å². The summed E-state index contributed by atoms with van der Waals surface area (Å²) in [6.07, 6.45) is 1.77. The van der Waals surface area contributed by atoms with E-state index in [-0.39, 0.29) is 5.56 Å². The first-order chi connectivity index (χ1) is 9.67. The van der Waals surface area contributed by atoms with Gasteiger partial charge >= 0.3 is 0 Å². The van der Waals surface area contributed by atoms with E-state index in [2.05, 4.69) is 5.16 Å². The maximum Gasteiger partial charge on any atom is 0.258 e. The third kappa shape index (κ3) is 2.18. The van der Waals surface area contributed by atoms with Crippen molar-refractivity contribution in [1.82, 2.24) is 9.72 Å². The molecule has 0 radical (unpaired) electrons. The second-order valence-corrected chi connectivity index (χ2v) is 4.63. The Balaban J connectivity index is 2.08. The van der Waals surface area contributed by atoms with Crippen LogP contribution in [0.4, 0.5) is 0 Å². The minimum absolute atomic E-state index is 0.0675. The molecule has 0 amide bonds. The molecule has 0 saturated carbocycles. The number of aromatic nitrogens is 2. The average Bonchev–Trinajstić information content (AvgIpc) is 2.87. The Kier molecular flexibility index (Phi) is 3.02. The van der Waals surface area contributed by atoms with Gasteiger partial charge in [-0.3, -0.25) is 4.79 Å². The molecule has 0 saturated heterocycles. The lowest BCUT2D eigenvalue weighted by molar-refractivity contribution is 0.388. The van der Waals surface area contributed by atoms with Crippen LogP contribution >= 0.6 is 0 Å². The smallest absolute Gasteiger partial charge is 0.258 e. The van der Waals surface area contributed by atoms with Crippen LogP contribution in [0.1, 0.15) is 11.5 Å². The van der Waals surface area contributed by atoms with Crippen molar-refractivity contribution in [2.24, 2.45) is 0 Å². The van der Waals surface area contributed by atoms with Crippen LogP contribution in [-0.2, 0) is 6.54 Å².